The monoisotopic (exact) mass is 562 g/mol. The van der Waals surface area contributed by atoms with E-state index in [1.165, 1.54) is 54.9 Å². The summed E-state index contributed by atoms with van der Waals surface area (Å²) in [5.74, 6) is -3.49. The topological polar surface area (TPSA) is 138 Å². The number of halogens is 1. The minimum absolute atomic E-state index is 0.0301. The fourth-order valence-corrected chi connectivity index (χ4v) is 3.94. The number of nitrogens with one attached hydrogen (secondary N) is 2. The second-order valence-electron chi connectivity index (χ2n) is 8.44. The smallest absolute Gasteiger partial charge is 0.397 e. The van der Waals surface area contributed by atoms with Crippen molar-refractivity contribution in [2.75, 3.05) is 30.5 Å². The van der Waals surface area contributed by atoms with Gasteiger partial charge < -0.3 is 24.8 Å². The number of esters is 1. The Balaban J connectivity index is 1.65. The predicted molar refractivity (Wildman–Crippen MR) is 148 cm³/mol. The zero-order valence-corrected chi connectivity index (χ0v) is 22.5. The van der Waals surface area contributed by atoms with Gasteiger partial charge in [-0.1, -0.05) is 12.1 Å². The van der Waals surface area contributed by atoms with Crippen molar-refractivity contribution in [1.82, 2.24) is 9.55 Å². The summed E-state index contributed by atoms with van der Waals surface area (Å²) in [6.07, 6.45) is 1.18. The van der Waals surface area contributed by atoms with Gasteiger partial charge >= 0.3 is 11.9 Å². The Bertz CT molecular complexity index is 1630. The van der Waals surface area contributed by atoms with Crippen LogP contribution < -0.4 is 20.1 Å². The van der Waals surface area contributed by atoms with E-state index in [4.69, 9.17) is 14.2 Å². The minimum atomic E-state index is -1.05. The number of ether oxygens (including phenoxy) is 3. The maximum atomic E-state index is 14.2. The number of hydrogen-bond donors (Lipinski definition) is 2. The number of fused-ring (bicyclic) bond motifs is 1. The first kappa shape index (κ1) is 28.7. The molecule has 1 aromatic heterocycles. The summed E-state index contributed by atoms with van der Waals surface area (Å²) in [4.78, 5) is 54.6. The third-order valence-electron chi connectivity index (χ3n) is 5.77. The van der Waals surface area contributed by atoms with Crippen LogP contribution in [0.3, 0.4) is 0 Å². The van der Waals surface area contributed by atoms with Crippen molar-refractivity contribution >= 4 is 46.1 Å². The van der Waals surface area contributed by atoms with Crippen LogP contribution >= 0.6 is 0 Å². The second kappa shape index (κ2) is 12.7. The van der Waals surface area contributed by atoms with Gasteiger partial charge in [0.15, 0.2) is 0 Å². The molecular weight excluding hydrogens is 535 g/mol. The van der Waals surface area contributed by atoms with E-state index in [0.717, 1.165) is 4.57 Å². The molecule has 0 aliphatic rings. The number of carbonyl (C=O) groups is 4. The molecule has 12 heteroatoms. The molecule has 3 aromatic carbocycles. The zero-order valence-electron chi connectivity index (χ0n) is 22.5. The van der Waals surface area contributed by atoms with Gasteiger partial charge in [-0.2, -0.15) is 0 Å². The number of hydrogen-bond acceptors (Lipinski definition) is 8. The van der Waals surface area contributed by atoms with E-state index in [-0.39, 0.29) is 59.3 Å². The van der Waals surface area contributed by atoms with Gasteiger partial charge in [0.1, 0.15) is 23.6 Å². The van der Waals surface area contributed by atoms with Gasteiger partial charge in [0.05, 0.1) is 47.8 Å². The summed E-state index contributed by atoms with van der Waals surface area (Å²) in [7, 11) is 0. The van der Waals surface area contributed by atoms with Crippen LogP contribution in [-0.4, -0.2) is 53.1 Å². The number of anilines is 2. The molecule has 0 atom stereocenters. The Kier molecular flexibility index (Phi) is 8.92. The summed E-state index contributed by atoms with van der Waals surface area (Å²) in [5, 5.41) is 5.40. The standard InChI is InChI=1S/C29H27FN4O7/c1-4-39-24-15-22(33-27(36)18-9-7-8-10-19(18)30)25(40-5-2)14-21(24)32-26(35)17-11-12-20-23(13-17)34(16-31-20)28(37)29(38)41-6-3/h7-16H,4-6H2,1-3H3,(H,32,35)(H,33,36). The molecule has 212 valence electrons. The van der Waals surface area contributed by atoms with Crippen LogP contribution in [0.4, 0.5) is 15.8 Å². The lowest BCUT2D eigenvalue weighted by Gasteiger charge is -2.18. The van der Waals surface area contributed by atoms with Gasteiger partial charge in [0.25, 0.3) is 11.8 Å². The van der Waals surface area contributed by atoms with Crippen LogP contribution in [0, 0.1) is 5.82 Å². The van der Waals surface area contributed by atoms with Crippen molar-refractivity contribution in [2.24, 2.45) is 0 Å². The van der Waals surface area contributed by atoms with E-state index in [2.05, 4.69) is 15.6 Å². The molecule has 0 saturated carbocycles. The highest BCUT2D eigenvalue weighted by atomic mass is 19.1. The highest BCUT2D eigenvalue weighted by Crippen LogP contribution is 2.37. The molecule has 2 N–H and O–H groups in total. The molecule has 0 spiro atoms. The van der Waals surface area contributed by atoms with E-state index in [1.54, 1.807) is 26.8 Å². The fourth-order valence-electron chi connectivity index (χ4n) is 3.94. The molecule has 0 aliphatic carbocycles. The van der Waals surface area contributed by atoms with E-state index < -0.39 is 29.5 Å². The van der Waals surface area contributed by atoms with Crippen molar-refractivity contribution in [3.63, 3.8) is 0 Å². The summed E-state index contributed by atoms with van der Waals surface area (Å²) in [5.41, 5.74) is 1.09. The van der Waals surface area contributed by atoms with Gasteiger partial charge in [-0.25, -0.2) is 14.2 Å². The van der Waals surface area contributed by atoms with E-state index in [1.807, 2.05) is 0 Å². The van der Waals surface area contributed by atoms with Crippen LogP contribution in [0.15, 0.2) is 60.9 Å². The minimum Gasteiger partial charge on any atom is -0.492 e. The van der Waals surface area contributed by atoms with Crippen molar-refractivity contribution in [3.05, 3.63) is 77.9 Å². The Morgan fingerprint density at radius 2 is 1.46 bits per heavy atom. The molecule has 4 rings (SSSR count). The molecule has 4 aromatic rings. The largest absolute Gasteiger partial charge is 0.492 e. The Labute approximate surface area is 234 Å². The molecular formula is C29H27FN4O7. The number of nitrogens with zero attached hydrogens (tertiary/aromatic N) is 2. The molecule has 0 aliphatic heterocycles. The fraction of sp³-hybridized carbons (Fsp3) is 0.207. The molecule has 11 nitrogen and oxygen atoms in total. The molecule has 41 heavy (non-hydrogen) atoms. The number of aromatic nitrogens is 2. The van der Waals surface area contributed by atoms with Gasteiger partial charge in [-0.15, -0.1) is 0 Å². The first-order valence-corrected chi connectivity index (χ1v) is 12.8. The molecule has 2 amide bonds. The number of amides is 2. The number of benzene rings is 3. The Morgan fingerprint density at radius 1 is 0.829 bits per heavy atom. The molecule has 0 saturated heterocycles. The molecule has 0 fully saturated rings. The lowest BCUT2D eigenvalue weighted by molar-refractivity contribution is -0.138. The quantitative estimate of drug-likeness (QED) is 0.222. The van der Waals surface area contributed by atoms with Gasteiger partial charge in [-0.05, 0) is 51.1 Å². The first-order chi connectivity index (χ1) is 19.8. The third kappa shape index (κ3) is 6.32. The average Bonchev–Trinajstić information content (AvgIpc) is 3.38. The van der Waals surface area contributed by atoms with Crippen LogP contribution in [0.1, 0.15) is 46.3 Å². The molecule has 0 bridgehead atoms. The van der Waals surface area contributed by atoms with Crippen molar-refractivity contribution in [1.29, 1.82) is 0 Å². The zero-order chi connectivity index (χ0) is 29.5. The molecule has 1 heterocycles. The van der Waals surface area contributed by atoms with Crippen molar-refractivity contribution in [3.8, 4) is 11.5 Å². The summed E-state index contributed by atoms with van der Waals surface area (Å²) in [6.45, 7) is 5.57. The maximum Gasteiger partial charge on any atom is 0.397 e. The highest BCUT2D eigenvalue weighted by molar-refractivity contribution is 6.34. The highest BCUT2D eigenvalue weighted by Gasteiger charge is 2.22. The molecule has 0 unspecified atom stereocenters. The summed E-state index contributed by atoms with van der Waals surface area (Å²) >= 11 is 0. The lowest BCUT2D eigenvalue weighted by Crippen LogP contribution is -2.23. The van der Waals surface area contributed by atoms with Crippen molar-refractivity contribution < 1.29 is 37.8 Å². The first-order valence-electron chi connectivity index (χ1n) is 12.8. The average molecular weight is 563 g/mol. The second-order valence-corrected chi connectivity index (χ2v) is 8.44. The van der Waals surface area contributed by atoms with Crippen LogP contribution in [0.25, 0.3) is 11.0 Å². The SMILES string of the molecule is CCOC(=O)C(=O)n1cnc2ccc(C(=O)Nc3cc(OCC)c(NC(=O)c4ccccc4F)cc3OCC)cc21. The number of rotatable bonds is 9. The lowest BCUT2D eigenvalue weighted by atomic mass is 10.1. The normalized spacial score (nSPS) is 10.6. The third-order valence-corrected chi connectivity index (χ3v) is 5.77. The summed E-state index contributed by atoms with van der Waals surface area (Å²) < 4.78 is 31.4. The van der Waals surface area contributed by atoms with E-state index >= 15 is 0 Å². The Morgan fingerprint density at radius 3 is 2.07 bits per heavy atom. The molecule has 0 radical (unpaired) electrons. The maximum absolute atomic E-state index is 14.2. The van der Waals surface area contributed by atoms with Crippen molar-refractivity contribution in [2.45, 2.75) is 20.8 Å². The van der Waals surface area contributed by atoms with Crippen LogP contribution in [0.2, 0.25) is 0 Å². The van der Waals surface area contributed by atoms with E-state index in [0.29, 0.717) is 5.52 Å². The van der Waals surface area contributed by atoms with Crippen LogP contribution in [-0.2, 0) is 9.53 Å². The van der Waals surface area contributed by atoms with E-state index in [9.17, 15) is 23.6 Å². The van der Waals surface area contributed by atoms with Crippen LogP contribution in [0.5, 0.6) is 11.5 Å². The Hall–Kier alpha value is -5.26. The summed E-state index contributed by atoms with van der Waals surface area (Å²) in [6, 6.07) is 13.0. The van der Waals surface area contributed by atoms with Gasteiger partial charge in [0, 0.05) is 17.7 Å². The van der Waals surface area contributed by atoms with Gasteiger partial charge in [0.2, 0.25) is 0 Å². The number of carbonyl (C=O) groups excluding carboxylic acids is 4. The number of imidazole rings is 1. The predicted octanol–water partition coefficient (Wildman–Crippen LogP) is 4.68. The van der Waals surface area contributed by atoms with Gasteiger partial charge in [-0.3, -0.25) is 19.0 Å².